The first-order chi connectivity index (χ1) is 14.3. The van der Waals surface area contributed by atoms with Gasteiger partial charge in [0.15, 0.2) is 0 Å². The molecule has 156 valence electrons. The second kappa shape index (κ2) is 8.87. The molecule has 1 N–H and O–H groups in total. The summed E-state index contributed by atoms with van der Waals surface area (Å²) < 4.78 is 9.68. The lowest BCUT2D eigenvalue weighted by Gasteiger charge is -2.11. The Kier molecular flexibility index (Phi) is 6.26. The Morgan fingerprint density at radius 3 is 2.70 bits per heavy atom. The standard InChI is InChI=1S/C20H18N2O7S/c1-28-19(24)13-7-8-14-16(13)17(20(25)29-2)18(30-14)21-15(23)9-6-11-4-3-5-12(10-11)22(26)27/h3-6,9-10,13H,7-8H2,1-2H3,(H,21,23). The zero-order chi connectivity index (χ0) is 21.8. The van der Waals surface area contributed by atoms with Crippen LogP contribution >= 0.6 is 11.3 Å². The molecule has 3 rings (SSSR count). The fourth-order valence-corrected chi connectivity index (χ4v) is 4.57. The highest BCUT2D eigenvalue weighted by molar-refractivity contribution is 7.17. The molecule has 2 aromatic rings. The van der Waals surface area contributed by atoms with E-state index in [1.54, 1.807) is 6.07 Å². The summed E-state index contributed by atoms with van der Waals surface area (Å²) in [6.07, 6.45) is 3.75. The quantitative estimate of drug-likeness (QED) is 0.323. The van der Waals surface area contributed by atoms with Gasteiger partial charge in [-0.3, -0.25) is 19.7 Å². The van der Waals surface area contributed by atoms with Crippen LogP contribution in [-0.2, 0) is 25.5 Å². The summed E-state index contributed by atoms with van der Waals surface area (Å²) in [4.78, 5) is 48.0. The minimum Gasteiger partial charge on any atom is -0.469 e. The van der Waals surface area contributed by atoms with Gasteiger partial charge in [-0.25, -0.2) is 4.79 Å². The predicted octanol–water partition coefficient (Wildman–Crippen LogP) is 3.30. The van der Waals surface area contributed by atoms with Crippen LogP contribution in [0, 0.1) is 10.1 Å². The molecule has 0 bridgehead atoms. The van der Waals surface area contributed by atoms with Crippen LogP contribution in [0.15, 0.2) is 30.3 Å². The zero-order valence-electron chi connectivity index (χ0n) is 16.2. The van der Waals surface area contributed by atoms with Gasteiger partial charge in [-0.1, -0.05) is 12.1 Å². The average Bonchev–Trinajstić information content (AvgIpc) is 3.30. The summed E-state index contributed by atoms with van der Waals surface area (Å²) >= 11 is 1.22. The number of ether oxygens (including phenoxy) is 2. The number of thiophene rings is 1. The Balaban J connectivity index is 1.85. The third kappa shape index (κ3) is 4.23. The average molecular weight is 430 g/mol. The number of amides is 1. The predicted molar refractivity (Wildman–Crippen MR) is 109 cm³/mol. The van der Waals surface area contributed by atoms with Crippen LogP contribution in [0.25, 0.3) is 6.08 Å². The number of nitrogens with one attached hydrogen (secondary N) is 1. The minimum absolute atomic E-state index is 0.0888. The largest absolute Gasteiger partial charge is 0.469 e. The number of rotatable bonds is 6. The van der Waals surface area contributed by atoms with Gasteiger partial charge in [0.25, 0.3) is 5.69 Å². The van der Waals surface area contributed by atoms with Crippen LogP contribution in [0.2, 0.25) is 0 Å². The molecule has 1 heterocycles. The SMILES string of the molecule is COC(=O)c1c(NC(=O)C=Cc2cccc([N+](=O)[O-])c2)sc2c1C(C(=O)OC)CC2. The van der Waals surface area contributed by atoms with E-state index >= 15 is 0 Å². The number of fused-ring (bicyclic) bond motifs is 1. The van der Waals surface area contributed by atoms with Crippen molar-refractivity contribution in [1.82, 2.24) is 0 Å². The van der Waals surface area contributed by atoms with Gasteiger partial charge in [0.2, 0.25) is 5.91 Å². The molecule has 0 saturated carbocycles. The lowest BCUT2D eigenvalue weighted by Crippen LogP contribution is -2.16. The number of esters is 2. The zero-order valence-corrected chi connectivity index (χ0v) is 17.0. The van der Waals surface area contributed by atoms with Crippen LogP contribution in [0.1, 0.15) is 38.7 Å². The lowest BCUT2D eigenvalue weighted by atomic mass is 9.99. The Labute approximate surface area is 175 Å². The summed E-state index contributed by atoms with van der Waals surface area (Å²) in [7, 11) is 2.51. The smallest absolute Gasteiger partial charge is 0.341 e. The number of non-ortho nitro benzene ring substituents is 1. The van der Waals surface area contributed by atoms with Gasteiger partial charge >= 0.3 is 11.9 Å². The van der Waals surface area contributed by atoms with E-state index in [1.165, 1.54) is 55.9 Å². The number of carbonyl (C=O) groups excluding carboxylic acids is 3. The highest BCUT2D eigenvalue weighted by atomic mass is 32.1. The summed E-state index contributed by atoms with van der Waals surface area (Å²) in [5.41, 5.74) is 1.08. The fraction of sp³-hybridized carbons (Fsp3) is 0.250. The highest BCUT2D eigenvalue weighted by Gasteiger charge is 2.38. The minimum atomic E-state index is -0.652. The topological polar surface area (TPSA) is 125 Å². The third-order valence-corrected chi connectivity index (χ3v) is 5.83. The van der Waals surface area contributed by atoms with E-state index in [0.717, 1.165) is 4.88 Å². The van der Waals surface area contributed by atoms with Crippen LogP contribution in [-0.4, -0.2) is 37.0 Å². The molecule has 0 aliphatic heterocycles. The number of carbonyl (C=O) groups is 3. The van der Waals surface area contributed by atoms with Gasteiger partial charge in [-0.05, 0) is 30.0 Å². The van der Waals surface area contributed by atoms with E-state index in [2.05, 4.69) is 5.32 Å². The maximum atomic E-state index is 12.4. The first kappa shape index (κ1) is 21.2. The maximum Gasteiger partial charge on any atom is 0.341 e. The van der Waals surface area contributed by atoms with Crippen LogP contribution in [0.4, 0.5) is 10.7 Å². The van der Waals surface area contributed by atoms with Gasteiger partial charge in [-0.2, -0.15) is 0 Å². The molecule has 0 saturated heterocycles. The Morgan fingerprint density at radius 1 is 1.27 bits per heavy atom. The van der Waals surface area contributed by atoms with Gasteiger partial charge in [0.1, 0.15) is 5.00 Å². The summed E-state index contributed by atoms with van der Waals surface area (Å²) in [5, 5.41) is 13.8. The molecule has 9 nitrogen and oxygen atoms in total. The number of hydrogen-bond acceptors (Lipinski definition) is 8. The molecule has 1 amide bonds. The van der Waals surface area contributed by atoms with Crippen molar-refractivity contribution in [2.24, 2.45) is 0 Å². The van der Waals surface area contributed by atoms with Gasteiger partial charge < -0.3 is 14.8 Å². The van der Waals surface area contributed by atoms with Crippen molar-refractivity contribution in [2.75, 3.05) is 19.5 Å². The maximum absolute atomic E-state index is 12.4. The monoisotopic (exact) mass is 430 g/mol. The number of nitrogens with zero attached hydrogens (tertiary/aromatic N) is 1. The van der Waals surface area contributed by atoms with E-state index < -0.39 is 28.7 Å². The molecule has 1 unspecified atom stereocenters. The van der Waals surface area contributed by atoms with E-state index in [-0.39, 0.29) is 16.3 Å². The second-order valence-corrected chi connectivity index (χ2v) is 7.53. The molecule has 10 heteroatoms. The van der Waals surface area contributed by atoms with Crippen molar-refractivity contribution in [2.45, 2.75) is 18.8 Å². The Morgan fingerprint density at radius 2 is 2.03 bits per heavy atom. The van der Waals surface area contributed by atoms with Crippen molar-refractivity contribution >= 4 is 45.9 Å². The van der Waals surface area contributed by atoms with Crippen molar-refractivity contribution in [3.05, 3.63) is 62.0 Å². The van der Waals surface area contributed by atoms with Gasteiger partial charge in [0.05, 0.1) is 30.6 Å². The van der Waals surface area contributed by atoms with Crippen LogP contribution < -0.4 is 5.32 Å². The second-order valence-electron chi connectivity index (χ2n) is 6.42. The van der Waals surface area contributed by atoms with Crippen molar-refractivity contribution in [3.63, 3.8) is 0 Å². The molecular weight excluding hydrogens is 412 g/mol. The van der Waals surface area contributed by atoms with Crippen molar-refractivity contribution in [1.29, 1.82) is 0 Å². The number of nitro benzene ring substituents is 1. The van der Waals surface area contributed by atoms with E-state index in [4.69, 9.17) is 9.47 Å². The first-order valence-electron chi connectivity index (χ1n) is 8.91. The first-order valence-corrected chi connectivity index (χ1v) is 9.72. The van der Waals surface area contributed by atoms with Crippen LogP contribution in [0.3, 0.4) is 0 Å². The summed E-state index contributed by atoms with van der Waals surface area (Å²) in [6, 6.07) is 5.83. The number of methoxy groups -OCH3 is 2. The molecule has 0 fully saturated rings. The molecule has 1 atom stereocenters. The number of nitro groups is 1. The molecule has 1 aliphatic carbocycles. The summed E-state index contributed by atoms with van der Waals surface area (Å²) in [5.74, 6) is -2.20. The molecule has 30 heavy (non-hydrogen) atoms. The van der Waals surface area contributed by atoms with Crippen molar-refractivity contribution in [3.8, 4) is 0 Å². The summed E-state index contributed by atoms with van der Waals surface area (Å²) in [6.45, 7) is 0. The Hall–Kier alpha value is -3.53. The van der Waals surface area contributed by atoms with Gasteiger partial charge in [-0.15, -0.1) is 11.3 Å². The van der Waals surface area contributed by atoms with Crippen LogP contribution in [0.5, 0.6) is 0 Å². The van der Waals surface area contributed by atoms with E-state index in [0.29, 0.717) is 24.0 Å². The molecule has 0 spiro atoms. The Bertz CT molecular complexity index is 1060. The van der Waals surface area contributed by atoms with E-state index in [1.807, 2.05) is 0 Å². The lowest BCUT2D eigenvalue weighted by molar-refractivity contribution is -0.384. The number of hydrogen-bond donors (Lipinski definition) is 1. The number of benzene rings is 1. The molecular formula is C20H18N2O7S. The number of aryl methyl sites for hydroxylation is 1. The van der Waals surface area contributed by atoms with E-state index in [9.17, 15) is 24.5 Å². The number of anilines is 1. The fourth-order valence-electron chi connectivity index (χ4n) is 3.30. The molecule has 1 aromatic heterocycles. The highest BCUT2D eigenvalue weighted by Crippen LogP contribution is 2.45. The van der Waals surface area contributed by atoms with Gasteiger partial charge in [0, 0.05) is 23.1 Å². The normalized spacial score (nSPS) is 14.9. The molecule has 0 radical (unpaired) electrons. The third-order valence-electron chi connectivity index (χ3n) is 4.65. The van der Waals surface area contributed by atoms with Crippen molar-refractivity contribution < 1.29 is 28.8 Å². The molecule has 1 aliphatic rings. The molecule has 1 aromatic carbocycles.